The van der Waals surface area contributed by atoms with E-state index in [-0.39, 0.29) is 0 Å². The van der Waals surface area contributed by atoms with Crippen molar-refractivity contribution in [2.24, 2.45) is 11.8 Å². The van der Waals surface area contributed by atoms with Crippen molar-refractivity contribution < 1.29 is 38.9 Å². The molecule has 2 N–H and O–H groups in total. The van der Waals surface area contributed by atoms with Crippen LogP contribution in [0, 0.1) is 11.8 Å². The summed E-state index contributed by atoms with van der Waals surface area (Å²) in [5, 5.41) is 20.0. The van der Waals surface area contributed by atoms with Crippen molar-refractivity contribution in [3.05, 3.63) is 0 Å². The van der Waals surface area contributed by atoms with E-state index in [2.05, 4.69) is 4.74 Å². The Kier molecular flexibility index (Phi) is 16.7. The zero-order chi connectivity index (χ0) is 24.5. The Labute approximate surface area is 192 Å². The number of hydrogen-bond donors (Lipinski definition) is 2. The highest BCUT2D eigenvalue weighted by Gasteiger charge is 2.36. The molecule has 0 aliphatic rings. The van der Waals surface area contributed by atoms with Gasteiger partial charge in [0, 0.05) is 0 Å². The number of carbonyl (C=O) groups is 4. The van der Waals surface area contributed by atoms with Crippen molar-refractivity contribution in [3.63, 3.8) is 0 Å². The van der Waals surface area contributed by atoms with Gasteiger partial charge < -0.3 is 19.7 Å². The lowest BCUT2D eigenvalue weighted by Gasteiger charge is -2.21. The molecule has 0 aliphatic heterocycles. The highest BCUT2D eigenvalue weighted by Crippen LogP contribution is 2.20. The number of esters is 3. The Morgan fingerprint density at radius 1 is 0.656 bits per heavy atom. The van der Waals surface area contributed by atoms with Crippen molar-refractivity contribution in [1.82, 2.24) is 0 Å². The number of ether oxygens (including phenoxy) is 2. The van der Waals surface area contributed by atoms with E-state index in [9.17, 15) is 29.4 Å². The maximum absolute atomic E-state index is 12.4. The molecule has 0 aromatic carbocycles. The molecular formula is C24H42O8. The second-order valence-electron chi connectivity index (χ2n) is 8.31. The van der Waals surface area contributed by atoms with E-state index in [1.807, 2.05) is 27.7 Å². The number of carbonyl (C=O) groups excluding carboxylic acids is 4. The summed E-state index contributed by atoms with van der Waals surface area (Å²) in [6.07, 6.45) is 4.36. The largest absolute Gasteiger partial charge is 0.432 e. The molecule has 0 bridgehead atoms. The lowest BCUT2D eigenvalue weighted by molar-refractivity contribution is -0.196. The lowest BCUT2D eigenvalue weighted by atomic mass is 9.96. The fourth-order valence-electron chi connectivity index (χ4n) is 3.32. The van der Waals surface area contributed by atoms with Gasteiger partial charge in [0.15, 0.2) is 6.10 Å². The standard InChI is InChI=1S/C24H42O8/c1-5-9-13-17(14-10-6-2)21(27)31-23(29)19(25)20(26)24(30)32-22(28)18(15-11-7-3)16-12-8-4/h17-19,23,25,29H,5-16H2,1-4H3. The smallest absolute Gasteiger partial charge is 0.385 e. The lowest BCUT2D eigenvalue weighted by Crippen LogP contribution is -2.43. The molecular weight excluding hydrogens is 416 g/mol. The van der Waals surface area contributed by atoms with Crippen LogP contribution >= 0.6 is 0 Å². The third kappa shape index (κ3) is 11.7. The molecule has 8 nitrogen and oxygen atoms in total. The first-order valence-electron chi connectivity index (χ1n) is 12.1. The number of aliphatic hydroxyl groups excluding tert-OH is 2. The van der Waals surface area contributed by atoms with E-state index in [0.717, 1.165) is 51.4 Å². The summed E-state index contributed by atoms with van der Waals surface area (Å²) in [5.74, 6) is -5.60. The summed E-state index contributed by atoms with van der Waals surface area (Å²) >= 11 is 0. The summed E-state index contributed by atoms with van der Waals surface area (Å²) < 4.78 is 9.51. The average molecular weight is 459 g/mol. The van der Waals surface area contributed by atoms with Gasteiger partial charge in [0.05, 0.1) is 11.8 Å². The minimum atomic E-state index is -2.32. The fraction of sp³-hybridized carbons (Fsp3) is 0.833. The van der Waals surface area contributed by atoms with E-state index >= 15 is 0 Å². The predicted octanol–water partition coefficient (Wildman–Crippen LogP) is 3.84. The molecule has 186 valence electrons. The normalized spacial score (nSPS) is 13.1. The molecule has 0 rings (SSSR count). The van der Waals surface area contributed by atoms with E-state index < -0.39 is 47.9 Å². The van der Waals surface area contributed by atoms with Crippen molar-refractivity contribution in [2.75, 3.05) is 0 Å². The molecule has 0 heterocycles. The van der Waals surface area contributed by atoms with Crippen LogP contribution in [-0.2, 0) is 28.7 Å². The number of ketones is 1. The zero-order valence-corrected chi connectivity index (χ0v) is 20.1. The SMILES string of the molecule is CCCCC(CCCC)C(=O)OC(=O)C(=O)C(O)C(O)OC(=O)C(CCCC)CCCC. The topological polar surface area (TPSA) is 127 Å². The van der Waals surface area contributed by atoms with E-state index in [1.165, 1.54) is 0 Å². The number of Topliss-reactive ketones (excluding diaryl/α,β-unsaturated/α-hetero) is 1. The van der Waals surface area contributed by atoms with Crippen molar-refractivity contribution in [1.29, 1.82) is 0 Å². The van der Waals surface area contributed by atoms with Crippen LogP contribution in [0.2, 0.25) is 0 Å². The quantitative estimate of drug-likeness (QED) is 0.137. The summed E-state index contributed by atoms with van der Waals surface area (Å²) in [6, 6.07) is 0. The Morgan fingerprint density at radius 3 is 1.41 bits per heavy atom. The molecule has 2 atom stereocenters. The van der Waals surface area contributed by atoms with E-state index in [0.29, 0.717) is 25.7 Å². The molecule has 32 heavy (non-hydrogen) atoms. The Balaban J connectivity index is 4.91. The molecule has 0 aromatic rings. The van der Waals surface area contributed by atoms with Gasteiger partial charge in [0.2, 0.25) is 6.29 Å². The minimum Gasteiger partial charge on any atom is -0.432 e. The van der Waals surface area contributed by atoms with Gasteiger partial charge >= 0.3 is 17.9 Å². The average Bonchev–Trinajstić information content (AvgIpc) is 2.77. The summed E-state index contributed by atoms with van der Waals surface area (Å²) in [6.45, 7) is 7.93. The van der Waals surface area contributed by atoms with Gasteiger partial charge in [0.1, 0.15) is 0 Å². The first-order valence-corrected chi connectivity index (χ1v) is 12.1. The molecule has 0 spiro atoms. The van der Waals surface area contributed by atoms with Crippen molar-refractivity contribution in [3.8, 4) is 0 Å². The van der Waals surface area contributed by atoms with Gasteiger partial charge in [-0.25, -0.2) is 4.79 Å². The van der Waals surface area contributed by atoms with E-state index in [4.69, 9.17) is 4.74 Å². The molecule has 0 radical (unpaired) electrons. The third-order valence-corrected chi connectivity index (χ3v) is 5.46. The maximum Gasteiger partial charge on any atom is 0.385 e. The Hall–Kier alpha value is -1.80. The van der Waals surface area contributed by atoms with Crippen LogP contribution in [-0.4, -0.2) is 46.3 Å². The third-order valence-electron chi connectivity index (χ3n) is 5.46. The molecule has 2 unspecified atom stereocenters. The van der Waals surface area contributed by atoms with Crippen molar-refractivity contribution in [2.45, 2.75) is 117 Å². The Bertz CT molecular complexity index is 558. The van der Waals surface area contributed by atoms with Gasteiger partial charge in [-0.3, -0.25) is 14.4 Å². The molecule has 0 amide bonds. The Morgan fingerprint density at radius 2 is 1.03 bits per heavy atom. The predicted molar refractivity (Wildman–Crippen MR) is 119 cm³/mol. The molecule has 0 saturated heterocycles. The fourth-order valence-corrected chi connectivity index (χ4v) is 3.32. The van der Waals surface area contributed by atoms with Crippen LogP contribution in [0.4, 0.5) is 0 Å². The summed E-state index contributed by atoms with van der Waals surface area (Å²) in [5.41, 5.74) is 0. The van der Waals surface area contributed by atoms with Crippen LogP contribution < -0.4 is 0 Å². The summed E-state index contributed by atoms with van der Waals surface area (Å²) in [7, 11) is 0. The first-order chi connectivity index (χ1) is 15.2. The molecule has 0 saturated carbocycles. The first kappa shape index (κ1) is 30.2. The zero-order valence-electron chi connectivity index (χ0n) is 20.1. The number of aliphatic hydroxyl groups is 2. The van der Waals surface area contributed by atoms with Gasteiger partial charge in [-0.1, -0.05) is 79.1 Å². The molecule has 8 heteroatoms. The summed E-state index contributed by atoms with van der Waals surface area (Å²) in [4.78, 5) is 48.8. The molecule has 0 aromatic heterocycles. The van der Waals surface area contributed by atoms with E-state index in [1.54, 1.807) is 0 Å². The van der Waals surface area contributed by atoms with Gasteiger partial charge in [-0.15, -0.1) is 0 Å². The maximum atomic E-state index is 12.4. The number of rotatable bonds is 18. The molecule has 0 aliphatic carbocycles. The van der Waals surface area contributed by atoms with Gasteiger partial charge in [-0.2, -0.15) is 0 Å². The van der Waals surface area contributed by atoms with Crippen LogP contribution in [0.3, 0.4) is 0 Å². The van der Waals surface area contributed by atoms with Gasteiger partial charge in [-0.05, 0) is 25.7 Å². The highest BCUT2D eigenvalue weighted by atomic mass is 16.6. The van der Waals surface area contributed by atoms with Crippen LogP contribution in [0.15, 0.2) is 0 Å². The second kappa shape index (κ2) is 17.7. The highest BCUT2D eigenvalue weighted by molar-refractivity contribution is 6.37. The van der Waals surface area contributed by atoms with Crippen molar-refractivity contribution >= 4 is 23.7 Å². The minimum absolute atomic E-state index is 0.460. The van der Waals surface area contributed by atoms with Crippen LogP contribution in [0.25, 0.3) is 0 Å². The number of hydrogen-bond acceptors (Lipinski definition) is 8. The van der Waals surface area contributed by atoms with Crippen LogP contribution in [0.1, 0.15) is 105 Å². The molecule has 0 fully saturated rings. The van der Waals surface area contributed by atoms with Crippen LogP contribution in [0.5, 0.6) is 0 Å². The van der Waals surface area contributed by atoms with Gasteiger partial charge in [0.25, 0.3) is 5.78 Å². The second-order valence-corrected chi connectivity index (χ2v) is 8.31. The number of unbranched alkanes of at least 4 members (excludes halogenated alkanes) is 4. The monoisotopic (exact) mass is 458 g/mol.